The van der Waals surface area contributed by atoms with Gasteiger partial charge in [0.15, 0.2) is 0 Å². The smallest absolute Gasteiger partial charge is 0.275 e. The maximum atomic E-state index is 12.9. The van der Waals surface area contributed by atoms with Gasteiger partial charge in [-0.1, -0.05) is 0 Å². The Hall–Kier alpha value is -1.24. The van der Waals surface area contributed by atoms with Crippen LogP contribution in [0.5, 0.6) is 0 Å². The molecule has 0 aromatic heterocycles. The van der Waals surface area contributed by atoms with E-state index in [0.717, 1.165) is 18.2 Å². The molecule has 0 saturated carbocycles. The van der Waals surface area contributed by atoms with E-state index < -0.39 is 28.6 Å². The first kappa shape index (κ1) is 12.8. The van der Waals surface area contributed by atoms with E-state index in [0.29, 0.717) is 0 Å². The highest BCUT2D eigenvalue weighted by Crippen LogP contribution is 2.28. The fraction of sp³-hybridized carbons (Fsp3) is 0.333. The van der Waals surface area contributed by atoms with Crippen molar-refractivity contribution in [3.05, 3.63) is 39.7 Å². The number of halogens is 2. The second-order valence-corrected chi connectivity index (χ2v) is 3.44. The van der Waals surface area contributed by atoms with Crippen molar-refractivity contribution < 1.29 is 19.5 Å². The van der Waals surface area contributed by atoms with Crippen molar-refractivity contribution in [2.75, 3.05) is 5.88 Å². The molecular weight excluding hydrogens is 241 g/mol. The number of nitro benzene ring substituents is 1. The number of alkyl halides is 1. The van der Waals surface area contributed by atoms with Crippen molar-refractivity contribution in [3.8, 4) is 0 Å². The molecule has 2 N–H and O–H groups in total. The van der Waals surface area contributed by atoms with Gasteiger partial charge in [-0.3, -0.25) is 10.1 Å². The van der Waals surface area contributed by atoms with E-state index in [1.807, 2.05) is 0 Å². The highest BCUT2D eigenvalue weighted by Gasteiger charge is 2.26. The zero-order chi connectivity index (χ0) is 12.3. The lowest BCUT2D eigenvalue weighted by Gasteiger charge is -2.15. The molecule has 0 bridgehead atoms. The SMILES string of the molecule is O=[N+]([O-])c1ccc(F)cc1C(O)C(O)CCl. The van der Waals surface area contributed by atoms with Gasteiger partial charge < -0.3 is 10.2 Å². The van der Waals surface area contributed by atoms with Crippen LogP contribution in [0.2, 0.25) is 0 Å². The molecule has 0 fully saturated rings. The number of nitro groups is 1. The van der Waals surface area contributed by atoms with Crippen molar-refractivity contribution in [2.45, 2.75) is 12.2 Å². The summed E-state index contributed by atoms with van der Waals surface area (Å²) < 4.78 is 12.9. The quantitative estimate of drug-likeness (QED) is 0.480. The van der Waals surface area contributed by atoms with E-state index in [1.54, 1.807) is 0 Å². The third-order valence-electron chi connectivity index (χ3n) is 2.03. The third kappa shape index (κ3) is 2.66. The van der Waals surface area contributed by atoms with Crippen molar-refractivity contribution >= 4 is 17.3 Å². The number of benzene rings is 1. The van der Waals surface area contributed by atoms with Crippen molar-refractivity contribution in [1.29, 1.82) is 0 Å². The van der Waals surface area contributed by atoms with Crippen LogP contribution >= 0.6 is 11.6 Å². The fourth-order valence-corrected chi connectivity index (χ4v) is 1.39. The molecule has 0 radical (unpaired) electrons. The van der Waals surface area contributed by atoms with Crippen LogP contribution in [0.25, 0.3) is 0 Å². The fourth-order valence-electron chi connectivity index (χ4n) is 1.22. The van der Waals surface area contributed by atoms with Crippen LogP contribution in [0.1, 0.15) is 11.7 Å². The predicted molar refractivity (Wildman–Crippen MR) is 54.7 cm³/mol. The van der Waals surface area contributed by atoms with Gasteiger partial charge in [0.25, 0.3) is 5.69 Å². The first-order valence-corrected chi connectivity index (χ1v) is 4.86. The largest absolute Gasteiger partial charge is 0.389 e. The van der Waals surface area contributed by atoms with Gasteiger partial charge in [0, 0.05) is 6.07 Å². The molecule has 0 aliphatic rings. The second kappa shape index (κ2) is 5.20. The van der Waals surface area contributed by atoms with Gasteiger partial charge >= 0.3 is 0 Å². The molecule has 0 heterocycles. The molecule has 0 spiro atoms. The molecule has 1 aromatic rings. The van der Waals surface area contributed by atoms with Crippen LogP contribution in [0.3, 0.4) is 0 Å². The van der Waals surface area contributed by atoms with Crippen LogP contribution in [-0.2, 0) is 0 Å². The molecule has 2 unspecified atom stereocenters. The molecule has 5 nitrogen and oxygen atoms in total. The molecule has 0 aliphatic heterocycles. The van der Waals surface area contributed by atoms with Crippen molar-refractivity contribution in [1.82, 2.24) is 0 Å². The summed E-state index contributed by atoms with van der Waals surface area (Å²) in [7, 11) is 0. The Morgan fingerprint density at radius 1 is 1.50 bits per heavy atom. The first-order chi connectivity index (χ1) is 7.47. The monoisotopic (exact) mass is 249 g/mol. The first-order valence-electron chi connectivity index (χ1n) is 4.33. The topological polar surface area (TPSA) is 83.6 Å². The molecule has 7 heteroatoms. The Morgan fingerprint density at radius 2 is 2.12 bits per heavy atom. The Balaban J connectivity index is 3.19. The minimum atomic E-state index is -1.59. The molecule has 16 heavy (non-hydrogen) atoms. The summed E-state index contributed by atoms with van der Waals surface area (Å²) in [6.07, 6.45) is -2.98. The summed E-state index contributed by atoms with van der Waals surface area (Å²) in [5.41, 5.74) is -0.754. The average molecular weight is 250 g/mol. The normalized spacial score (nSPS) is 14.5. The second-order valence-electron chi connectivity index (χ2n) is 3.13. The third-order valence-corrected chi connectivity index (χ3v) is 2.34. The van der Waals surface area contributed by atoms with Crippen molar-refractivity contribution in [2.24, 2.45) is 0 Å². The van der Waals surface area contributed by atoms with Gasteiger partial charge in [-0.2, -0.15) is 0 Å². The van der Waals surface area contributed by atoms with Crippen LogP contribution in [0.15, 0.2) is 18.2 Å². The predicted octanol–water partition coefficient (Wildman–Crippen LogP) is 1.37. The summed E-state index contributed by atoms with van der Waals surface area (Å²) in [6, 6.07) is 2.63. The lowest BCUT2D eigenvalue weighted by atomic mass is 10.0. The highest BCUT2D eigenvalue weighted by atomic mass is 35.5. The summed E-state index contributed by atoms with van der Waals surface area (Å²) in [5.74, 6) is -1.05. The van der Waals surface area contributed by atoms with E-state index in [-0.39, 0.29) is 11.4 Å². The van der Waals surface area contributed by atoms with Crippen LogP contribution in [0.4, 0.5) is 10.1 Å². The highest BCUT2D eigenvalue weighted by molar-refractivity contribution is 6.18. The van der Waals surface area contributed by atoms with Gasteiger partial charge in [-0.25, -0.2) is 4.39 Å². The van der Waals surface area contributed by atoms with E-state index in [4.69, 9.17) is 11.6 Å². The minimum absolute atomic E-state index is 0.293. The van der Waals surface area contributed by atoms with Crippen LogP contribution in [-0.4, -0.2) is 27.1 Å². The summed E-state index contributed by atoms with van der Waals surface area (Å²) in [5, 5.41) is 29.4. The molecule has 0 amide bonds. The Kier molecular flexibility index (Phi) is 4.17. The zero-order valence-corrected chi connectivity index (χ0v) is 8.76. The van der Waals surface area contributed by atoms with Crippen LogP contribution < -0.4 is 0 Å². The number of aliphatic hydroxyl groups excluding tert-OH is 2. The van der Waals surface area contributed by atoms with E-state index in [2.05, 4.69) is 0 Å². The van der Waals surface area contributed by atoms with E-state index in [9.17, 15) is 24.7 Å². The lowest BCUT2D eigenvalue weighted by Crippen LogP contribution is -2.20. The Bertz CT molecular complexity index is 401. The number of rotatable bonds is 4. The standard InChI is InChI=1S/C9H9ClFNO4/c10-4-8(13)9(14)6-3-5(11)1-2-7(6)12(15)16/h1-3,8-9,13-14H,4H2. The van der Waals surface area contributed by atoms with Gasteiger partial charge in [-0.05, 0) is 12.1 Å². The molecule has 2 atom stereocenters. The number of hydrogen-bond acceptors (Lipinski definition) is 4. The minimum Gasteiger partial charge on any atom is -0.389 e. The van der Waals surface area contributed by atoms with Gasteiger partial charge in [0.05, 0.1) is 22.5 Å². The van der Waals surface area contributed by atoms with Gasteiger partial charge in [0.1, 0.15) is 11.9 Å². The van der Waals surface area contributed by atoms with Gasteiger partial charge in [-0.15, -0.1) is 11.6 Å². The Labute approximate surface area is 95.2 Å². The average Bonchev–Trinajstić information content (AvgIpc) is 2.26. The molecule has 1 rings (SSSR count). The van der Waals surface area contributed by atoms with Gasteiger partial charge in [0.2, 0.25) is 0 Å². The zero-order valence-electron chi connectivity index (χ0n) is 8.01. The van der Waals surface area contributed by atoms with E-state index in [1.165, 1.54) is 0 Å². The Morgan fingerprint density at radius 3 is 2.62 bits per heavy atom. The van der Waals surface area contributed by atoms with Crippen LogP contribution in [0, 0.1) is 15.9 Å². The molecular formula is C9H9ClFNO4. The molecule has 1 aromatic carbocycles. The van der Waals surface area contributed by atoms with E-state index >= 15 is 0 Å². The van der Waals surface area contributed by atoms with Crippen molar-refractivity contribution in [3.63, 3.8) is 0 Å². The maximum Gasteiger partial charge on any atom is 0.275 e. The summed E-state index contributed by atoms with van der Waals surface area (Å²) in [6.45, 7) is 0. The maximum absolute atomic E-state index is 12.9. The summed E-state index contributed by atoms with van der Waals surface area (Å²) in [4.78, 5) is 9.84. The number of hydrogen-bond donors (Lipinski definition) is 2. The number of aliphatic hydroxyl groups is 2. The molecule has 88 valence electrons. The number of nitrogens with zero attached hydrogens (tertiary/aromatic N) is 1. The molecule has 0 saturated heterocycles. The molecule has 0 aliphatic carbocycles. The summed E-state index contributed by atoms with van der Waals surface area (Å²) >= 11 is 5.29. The lowest BCUT2D eigenvalue weighted by molar-refractivity contribution is -0.386.